The van der Waals surface area contributed by atoms with Crippen LogP contribution in [0.15, 0.2) is 35.2 Å². The number of nitrogens with one attached hydrogen (secondary N) is 1. The molecule has 1 saturated carbocycles. The Morgan fingerprint density at radius 1 is 1.16 bits per heavy atom. The Morgan fingerprint density at radius 3 is 2.31 bits per heavy atom. The molecule has 0 unspecified atom stereocenters. The third-order valence-corrected chi connectivity index (χ3v) is 7.48. The van der Waals surface area contributed by atoms with Crippen LogP contribution in [0.4, 0.5) is 11.4 Å². The fourth-order valence-corrected chi connectivity index (χ4v) is 5.68. The zero-order chi connectivity index (χ0) is 23.6. The van der Waals surface area contributed by atoms with Gasteiger partial charge in [0.1, 0.15) is 5.75 Å². The molecule has 172 valence electrons. The monoisotopic (exact) mass is 461 g/mol. The van der Waals surface area contributed by atoms with Crippen molar-refractivity contribution in [2.24, 2.45) is 0 Å². The fourth-order valence-electron chi connectivity index (χ4n) is 3.62. The second-order valence-electron chi connectivity index (χ2n) is 7.68. The van der Waals surface area contributed by atoms with E-state index in [1.165, 1.54) is 30.7 Å². The van der Waals surface area contributed by atoms with Gasteiger partial charge >= 0.3 is 5.97 Å². The highest BCUT2D eigenvalue weighted by Crippen LogP contribution is 2.35. The predicted octanol–water partition coefficient (Wildman–Crippen LogP) is 2.47. The number of benzene rings is 2. The van der Waals surface area contributed by atoms with Crippen LogP contribution in [0, 0.1) is 13.8 Å². The Bertz CT molecular complexity index is 1140. The Balaban J connectivity index is 1.87. The third-order valence-electron chi connectivity index (χ3n) is 5.28. The lowest BCUT2D eigenvalue weighted by molar-refractivity contribution is -0.116. The quantitative estimate of drug-likeness (QED) is 0.456. The number of nitrogens with zero attached hydrogens (tertiary/aromatic N) is 1. The second-order valence-corrected chi connectivity index (χ2v) is 9.51. The van der Waals surface area contributed by atoms with Crippen molar-refractivity contribution >= 4 is 33.3 Å². The van der Waals surface area contributed by atoms with Crippen LogP contribution in [0.25, 0.3) is 0 Å². The first-order chi connectivity index (χ1) is 15.1. The number of esters is 1. The molecule has 9 nitrogen and oxygen atoms in total. The van der Waals surface area contributed by atoms with Gasteiger partial charge in [0.05, 0.1) is 42.6 Å². The summed E-state index contributed by atoms with van der Waals surface area (Å²) in [6.45, 7) is 3.03. The first kappa shape index (κ1) is 23.6. The molecule has 0 bridgehead atoms. The Kier molecular flexibility index (Phi) is 6.75. The maximum Gasteiger partial charge on any atom is 0.340 e. The maximum absolute atomic E-state index is 13.5. The van der Waals surface area contributed by atoms with Crippen molar-refractivity contribution in [1.29, 1.82) is 0 Å². The van der Waals surface area contributed by atoms with Gasteiger partial charge in [-0.3, -0.25) is 4.79 Å². The molecule has 32 heavy (non-hydrogen) atoms. The Hall–Kier alpha value is -3.11. The van der Waals surface area contributed by atoms with Crippen molar-refractivity contribution in [2.75, 3.05) is 31.8 Å². The lowest BCUT2D eigenvalue weighted by Crippen LogP contribution is -2.40. The van der Waals surface area contributed by atoms with Gasteiger partial charge in [0, 0.05) is 6.04 Å². The van der Waals surface area contributed by atoms with E-state index >= 15 is 0 Å². The molecular weight excluding hydrogens is 434 g/mol. The van der Waals surface area contributed by atoms with Gasteiger partial charge in [0.25, 0.3) is 0 Å². The van der Waals surface area contributed by atoms with Crippen LogP contribution in [0.5, 0.6) is 5.75 Å². The summed E-state index contributed by atoms with van der Waals surface area (Å²) < 4.78 is 38.2. The normalized spacial score (nSPS) is 13.7. The SMILES string of the molecule is COC(=O)c1cccc(NC(=O)CN(C2CC2)S(=O)(=O)c2c(C)cc(OC)cc2C)c1N. The van der Waals surface area contributed by atoms with E-state index in [1.54, 1.807) is 32.0 Å². The summed E-state index contributed by atoms with van der Waals surface area (Å²) in [4.78, 5) is 24.8. The molecule has 0 aromatic heterocycles. The van der Waals surface area contributed by atoms with Crippen molar-refractivity contribution in [3.63, 3.8) is 0 Å². The summed E-state index contributed by atoms with van der Waals surface area (Å²) in [6.07, 6.45) is 1.36. The number of carbonyl (C=O) groups is 2. The van der Waals surface area contributed by atoms with Crippen molar-refractivity contribution in [1.82, 2.24) is 4.31 Å². The average molecular weight is 462 g/mol. The van der Waals surface area contributed by atoms with Gasteiger partial charge < -0.3 is 20.5 Å². The zero-order valence-electron chi connectivity index (χ0n) is 18.5. The van der Waals surface area contributed by atoms with Crippen LogP contribution >= 0.6 is 0 Å². The van der Waals surface area contributed by atoms with Gasteiger partial charge in [-0.15, -0.1) is 0 Å². The number of nitrogen functional groups attached to an aromatic ring is 1. The molecule has 1 fully saturated rings. The van der Waals surface area contributed by atoms with Crippen molar-refractivity contribution < 1.29 is 27.5 Å². The van der Waals surface area contributed by atoms with E-state index in [0.717, 1.165) is 0 Å². The largest absolute Gasteiger partial charge is 0.497 e. The number of hydrogen-bond acceptors (Lipinski definition) is 7. The number of nitrogens with two attached hydrogens (primary N) is 1. The van der Waals surface area contributed by atoms with E-state index in [9.17, 15) is 18.0 Å². The van der Waals surface area contributed by atoms with Crippen LogP contribution < -0.4 is 15.8 Å². The van der Waals surface area contributed by atoms with Gasteiger partial charge in [0.2, 0.25) is 15.9 Å². The lowest BCUT2D eigenvalue weighted by Gasteiger charge is -2.24. The molecule has 1 aliphatic rings. The molecule has 10 heteroatoms. The third kappa shape index (κ3) is 4.71. The number of sulfonamides is 1. The zero-order valence-corrected chi connectivity index (χ0v) is 19.3. The molecule has 3 rings (SSSR count). The number of amides is 1. The molecule has 0 radical (unpaired) electrons. The Morgan fingerprint density at radius 2 is 1.78 bits per heavy atom. The molecule has 2 aromatic rings. The van der Waals surface area contributed by atoms with Gasteiger partial charge in [-0.25, -0.2) is 13.2 Å². The number of aryl methyl sites for hydroxylation is 2. The van der Waals surface area contributed by atoms with Crippen LogP contribution in [-0.4, -0.2) is 51.4 Å². The number of ether oxygens (including phenoxy) is 2. The van der Waals surface area contributed by atoms with Gasteiger partial charge in [-0.1, -0.05) is 6.07 Å². The minimum Gasteiger partial charge on any atom is -0.497 e. The minimum absolute atomic E-state index is 0.0513. The van der Waals surface area contributed by atoms with Crippen LogP contribution in [0.1, 0.15) is 34.3 Å². The molecule has 1 aliphatic carbocycles. The summed E-state index contributed by atoms with van der Waals surface area (Å²) >= 11 is 0. The topological polar surface area (TPSA) is 128 Å². The van der Waals surface area contributed by atoms with Crippen molar-refractivity contribution in [2.45, 2.75) is 37.6 Å². The van der Waals surface area contributed by atoms with E-state index in [4.69, 9.17) is 10.5 Å². The summed E-state index contributed by atoms with van der Waals surface area (Å²) in [6, 6.07) is 7.64. The number of hydrogen-bond donors (Lipinski definition) is 2. The maximum atomic E-state index is 13.5. The van der Waals surface area contributed by atoms with Crippen molar-refractivity contribution in [3.8, 4) is 5.75 Å². The minimum atomic E-state index is -3.94. The molecule has 0 heterocycles. The molecule has 3 N–H and O–H groups in total. The number of anilines is 2. The molecule has 0 spiro atoms. The van der Waals surface area contributed by atoms with E-state index in [-0.39, 0.29) is 34.4 Å². The number of para-hydroxylation sites is 1. The van der Waals surface area contributed by atoms with E-state index in [2.05, 4.69) is 10.1 Å². The summed E-state index contributed by atoms with van der Waals surface area (Å²) in [5, 5.41) is 2.62. The Labute approximate surface area is 187 Å². The fraction of sp³-hybridized carbons (Fsp3) is 0.364. The summed E-state index contributed by atoms with van der Waals surface area (Å²) in [5.41, 5.74) is 7.46. The van der Waals surface area contributed by atoms with E-state index in [0.29, 0.717) is 29.7 Å². The average Bonchev–Trinajstić information content (AvgIpc) is 3.57. The lowest BCUT2D eigenvalue weighted by atomic mass is 10.1. The molecule has 0 saturated heterocycles. The summed E-state index contributed by atoms with van der Waals surface area (Å²) in [7, 11) is -1.19. The van der Waals surface area contributed by atoms with E-state index < -0.39 is 21.9 Å². The molecule has 2 aromatic carbocycles. The van der Waals surface area contributed by atoms with Gasteiger partial charge in [-0.05, 0) is 62.1 Å². The highest BCUT2D eigenvalue weighted by Gasteiger charge is 2.40. The number of carbonyl (C=O) groups excluding carboxylic acids is 2. The molecule has 0 aliphatic heterocycles. The molecule has 1 amide bonds. The first-order valence-electron chi connectivity index (χ1n) is 10.0. The highest BCUT2D eigenvalue weighted by molar-refractivity contribution is 7.89. The van der Waals surface area contributed by atoms with E-state index in [1.807, 2.05) is 0 Å². The smallest absolute Gasteiger partial charge is 0.340 e. The molecular formula is C22H27N3O6S. The number of methoxy groups -OCH3 is 2. The van der Waals surface area contributed by atoms with Crippen LogP contribution in [0.2, 0.25) is 0 Å². The van der Waals surface area contributed by atoms with Gasteiger partial charge in [-0.2, -0.15) is 4.31 Å². The second kappa shape index (κ2) is 9.17. The highest BCUT2D eigenvalue weighted by atomic mass is 32.2. The standard InChI is InChI=1S/C22H27N3O6S/c1-13-10-16(30-3)11-14(2)21(13)32(28,29)25(15-8-9-15)12-19(26)24-18-7-5-6-17(20(18)23)22(27)31-4/h5-7,10-11,15H,8-9,12,23H2,1-4H3,(H,24,26). The predicted molar refractivity (Wildman–Crippen MR) is 120 cm³/mol. The van der Waals surface area contributed by atoms with Crippen molar-refractivity contribution in [3.05, 3.63) is 47.0 Å². The van der Waals surface area contributed by atoms with Crippen LogP contribution in [-0.2, 0) is 19.6 Å². The summed E-state index contributed by atoms with van der Waals surface area (Å²) in [5.74, 6) is -0.625. The number of rotatable bonds is 8. The van der Waals surface area contributed by atoms with Crippen LogP contribution in [0.3, 0.4) is 0 Å². The molecule has 0 atom stereocenters. The first-order valence-corrected chi connectivity index (χ1v) is 11.5. The van der Waals surface area contributed by atoms with Gasteiger partial charge in [0.15, 0.2) is 0 Å².